The second-order valence-corrected chi connectivity index (χ2v) is 4.43. The van der Waals surface area contributed by atoms with Crippen LogP contribution in [0.5, 0.6) is 5.75 Å². The molecule has 1 aromatic rings. The Morgan fingerprint density at radius 1 is 1.32 bits per heavy atom. The molecule has 0 spiro atoms. The zero-order chi connectivity index (χ0) is 13.4. The van der Waals surface area contributed by atoms with Gasteiger partial charge in [-0.25, -0.2) is 4.79 Å². The van der Waals surface area contributed by atoms with E-state index in [0.29, 0.717) is 17.8 Å². The largest absolute Gasteiger partial charge is 0.457 e. The van der Waals surface area contributed by atoms with Gasteiger partial charge in [0.15, 0.2) is 5.78 Å². The van der Waals surface area contributed by atoms with Crippen molar-refractivity contribution < 1.29 is 14.3 Å². The van der Waals surface area contributed by atoms with Crippen molar-refractivity contribution in [2.45, 2.75) is 12.8 Å². The van der Waals surface area contributed by atoms with Crippen LogP contribution in [0.2, 0.25) is 0 Å². The van der Waals surface area contributed by atoms with Crippen LogP contribution in [-0.2, 0) is 11.2 Å². The van der Waals surface area contributed by atoms with Crippen LogP contribution in [0.1, 0.15) is 12.0 Å². The standard InChI is InChI=1S/C14H12N2O3/c15-14(18)16-13-9-7-8-3-1-2-4-11(8)19-12(9)6-5-10(13)17/h1-4,6H,5,7H2,(H3,15,16,18). The maximum absolute atomic E-state index is 11.9. The highest BCUT2D eigenvalue weighted by molar-refractivity contribution is 6.01. The molecule has 0 bridgehead atoms. The Labute approximate surface area is 109 Å². The topological polar surface area (TPSA) is 81.4 Å². The number of allylic oxidation sites excluding steroid dienone is 3. The fraction of sp³-hybridized carbons (Fsp3) is 0.143. The van der Waals surface area contributed by atoms with E-state index in [4.69, 9.17) is 10.5 Å². The third kappa shape index (κ3) is 1.99. The number of Topliss-reactive ketones (excluding diaryl/α,β-unsaturated/α-hetero) is 1. The molecule has 0 aromatic heterocycles. The van der Waals surface area contributed by atoms with Crippen LogP contribution in [0.25, 0.3) is 0 Å². The molecular weight excluding hydrogens is 244 g/mol. The summed E-state index contributed by atoms with van der Waals surface area (Å²) in [4.78, 5) is 22.9. The summed E-state index contributed by atoms with van der Waals surface area (Å²) < 4.78 is 5.75. The van der Waals surface area contributed by atoms with Gasteiger partial charge in [0.1, 0.15) is 11.5 Å². The number of ketones is 1. The van der Waals surface area contributed by atoms with Crippen molar-refractivity contribution in [1.82, 2.24) is 5.32 Å². The fourth-order valence-electron chi connectivity index (χ4n) is 2.31. The molecule has 1 heterocycles. The molecule has 2 aliphatic rings. The zero-order valence-corrected chi connectivity index (χ0v) is 10.1. The van der Waals surface area contributed by atoms with E-state index in [1.165, 1.54) is 0 Å². The highest BCUT2D eigenvalue weighted by Gasteiger charge is 2.29. The third-order valence-corrected chi connectivity index (χ3v) is 3.16. The average molecular weight is 256 g/mol. The average Bonchev–Trinajstić information content (AvgIpc) is 2.40. The number of ether oxygens (including phenoxy) is 1. The van der Waals surface area contributed by atoms with Crippen molar-refractivity contribution in [1.29, 1.82) is 0 Å². The molecule has 0 atom stereocenters. The SMILES string of the molecule is NC(=O)NC1=C2Cc3ccccc3OC2=CCC1=O. The van der Waals surface area contributed by atoms with Crippen molar-refractivity contribution in [2.75, 3.05) is 0 Å². The van der Waals surface area contributed by atoms with Crippen molar-refractivity contribution >= 4 is 11.8 Å². The number of hydrogen-bond donors (Lipinski definition) is 2. The summed E-state index contributed by atoms with van der Waals surface area (Å²) in [6.45, 7) is 0. The summed E-state index contributed by atoms with van der Waals surface area (Å²) in [5.41, 5.74) is 7.02. The number of carbonyl (C=O) groups is 2. The molecule has 1 aromatic carbocycles. The molecule has 1 aliphatic heterocycles. The van der Waals surface area contributed by atoms with Gasteiger partial charge in [0.2, 0.25) is 0 Å². The van der Waals surface area contributed by atoms with Gasteiger partial charge in [-0.1, -0.05) is 18.2 Å². The first-order valence-electron chi connectivity index (χ1n) is 5.94. The number of hydrogen-bond acceptors (Lipinski definition) is 3. The molecule has 3 rings (SSSR count). The first-order chi connectivity index (χ1) is 9.15. The molecule has 0 saturated heterocycles. The first kappa shape index (κ1) is 11.5. The van der Waals surface area contributed by atoms with Crippen LogP contribution < -0.4 is 15.8 Å². The Balaban J connectivity index is 2.08. The van der Waals surface area contributed by atoms with Gasteiger partial charge in [0, 0.05) is 18.4 Å². The van der Waals surface area contributed by atoms with Crippen LogP contribution >= 0.6 is 0 Å². The first-order valence-corrected chi connectivity index (χ1v) is 5.94. The van der Waals surface area contributed by atoms with Gasteiger partial charge in [-0.05, 0) is 17.7 Å². The van der Waals surface area contributed by atoms with Crippen LogP contribution in [0.3, 0.4) is 0 Å². The molecule has 0 fully saturated rings. The van der Waals surface area contributed by atoms with Gasteiger partial charge < -0.3 is 15.8 Å². The number of amides is 2. The zero-order valence-electron chi connectivity index (χ0n) is 10.1. The summed E-state index contributed by atoms with van der Waals surface area (Å²) in [5, 5.41) is 2.41. The van der Waals surface area contributed by atoms with E-state index in [1.54, 1.807) is 6.08 Å². The van der Waals surface area contributed by atoms with E-state index in [2.05, 4.69) is 5.32 Å². The molecule has 19 heavy (non-hydrogen) atoms. The molecule has 96 valence electrons. The monoisotopic (exact) mass is 256 g/mol. The summed E-state index contributed by atoms with van der Waals surface area (Å²) in [6, 6.07) is 6.87. The molecule has 5 nitrogen and oxygen atoms in total. The predicted molar refractivity (Wildman–Crippen MR) is 68.2 cm³/mol. The summed E-state index contributed by atoms with van der Waals surface area (Å²) >= 11 is 0. The van der Waals surface area contributed by atoms with Crippen molar-refractivity contribution in [2.24, 2.45) is 5.73 Å². The third-order valence-electron chi connectivity index (χ3n) is 3.16. The minimum Gasteiger partial charge on any atom is -0.457 e. The van der Waals surface area contributed by atoms with Crippen LogP contribution in [0, 0.1) is 0 Å². The molecule has 2 amide bonds. The number of para-hydroxylation sites is 1. The maximum Gasteiger partial charge on any atom is 0.316 e. The lowest BCUT2D eigenvalue weighted by Gasteiger charge is -2.27. The van der Waals surface area contributed by atoms with Gasteiger partial charge in [-0.2, -0.15) is 0 Å². The number of rotatable bonds is 1. The Morgan fingerprint density at radius 2 is 2.11 bits per heavy atom. The smallest absolute Gasteiger partial charge is 0.316 e. The van der Waals surface area contributed by atoms with Gasteiger partial charge in [-0.15, -0.1) is 0 Å². The molecule has 0 unspecified atom stereocenters. The number of urea groups is 1. The highest BCUT2D eigenvalue weighted by atomic mass is 16.5. The number of fused-ring (bicyclic) bond motifs is 2. The van der Waals surface area contributed by atoms with Gasteiger partial charge in [0.25, 0.3) is 0 Å². The molecule has 1 aliphatic carbocycles. The van der Waals surface area contributed by atoms with Crippen LogP contribution in [0.4, 0.5) is 4.79 Å². The lowest BCUT2D eigenvalue weighted by atomic mass is 9.92. The summed E-state index contributed by atoms with van der Waals surface area (Å²) in [6.07, 6.45) is 2.49. The molecule has 0 saturated carbocycles. The second kappa shape index (κ2) is 4.28. The van der Waals surface area contributed by atoms with Crippen LogP contribution in [0.15, 0.2) is 47.4 Å². The number of nitrogens with two attached hydrogens (primary N) is 1. The summed E-state index contributed by atoms with van der Waals surface area (Å²) in [7, 11) is 0. The minimum absolute atomic E-state index is 0.152. The molecule has 5 heteroatoms. The van der Waals surface area contributed by atoms with Gasteiger partial charge in [-0.3, -0.25) is 4.79 Å². The normalized spacial score (nSPS) is 17.1. The number of primary amides is 1. The highest BCUT2D eigenvalue weighted by Crippen LogP contribution is 2.35. The Hall–Kier alpha value is -2.56. The van der Waals surface area contributed by atoms with Gasteiger partial charge in [0.05, 0.1) is 5.70 Å². The molecule has 0 radical (unpaired) electrons. The number of carbonyl (C=O) groups excluding carboxylic acids is 2. The van der Waals surface area contributed by atoms with E-state index in [0.717, 1.165) is 11.3 Å². The van der Waals surface area contributed by atoms with Crippen molar-refractivity contribution in [3.05, 3.63) is 52.9 Å². The minimum atomic E-state index is -0.740. The second-order valence-electron chi connectivity index (χ2n) is 4.43. The van der Waals surface area contributed by atoms with E-state index < -0.39 is 6.03 Å². The maximum atomic E-state index is 11.9. The molecular formula is C14H12N2O3. The number of nitrogens with one attached hydrogen (secondary N) is 1. The van der Waals surface area contributed by atoms with E-state index in [9.17, 15) is 9.59 Å². The Morgan fingerprint density at radius 3 is 2.89 bits per heavy atom. The predicted octanol–water partition coefficient (Wildman–Crippen LogP) is 1.40. The number of benzene rings is 1. The molecule has 3 N–H and O–H groups in total. The van der Waals surface area contributed by atoms with Crippen molar-refractivity contribution in [3.63, 3.8) is 0 Å². The quantitative estimate of drug-likeness (QED) is 0.796. The van der Waals surface area contributed by atoms with E-state index in [-0.39, 0.29) is 17.9 Å². The Bertz CT molecular complexity index is 644. The lowest BCUT2D eigenvalue weighted by Crippen LogP contribution is -2.35. The van der Waals surface area contributed by atoms with Crippen molar-refractivity contribution in [3.8, 4) is 5.75 Å². The van der Waals surface area contributed by atoms with Gasteiger partial charge >= 0.3 is 6.03 Å². The summed E-state index contributed by atoms with van der Waals surface area (Å²) in [5.74, 6) is 1.26. The van der Waals surface area contributed by atoms with E-state index >= 15 is 0 Å². The van der Waals surface area contributed by atoms with Crippen LogP contribution in [-0.4, -0.2) is 11.8 Å². The fourth-order valence-corrected chi connectivity index (χ4v) is 2.31. The lowest BCUT2D eigenvalue weighted by molar-refractivity contribution is -0.115. The van der Waals surface area contributed by atoms with E-state index in [1.807, 2.05) is 24.3 Å². The Kier molecular flexibility index (Phi) is 2.59.